The first-order chi connectivity index (χ1) is 9.52. The average Bonchev–Trinajstić information content (AvgIpc) is 2.46. The van der Waals surface area contributed by atoms with Crippen LogP contribution in [0.4, 0.5) is 5.69 Å². The molecule has 1 unspecified atom stereocenters. The Morgan fingerprint density at radius 3 is 2.95 bits per heavy atom. The summed E-state index contributed by atoms with van der Waals surface area (Å²) >= 11 is 5.93. The highest BCUT2D eigenvalue weighted by molar-refractivity contribution is 6.34. The normalized spacial score (nSPS) is 18.9. The number of nitro groups is 1. The monoisotopic (exact) mass is 300 g/mol. The first-order valence-electron chi connectivity index (χ1n) is 5.98. The highest BCUT2D eigenvalue weighted by Gasteiger charge is 2.26. The van der Waals surface area contributed by atoms with Crippen molar-refractivity contribution in [1.82, 2.24) is 4.90 Å². The van der Waals surface area contributed by atoms with Crippen molar-refractivity contribution in [3.05, 3.63) is 38.9 Å². The van der Waals surface area contributed by atoms with Gasteiger partial charge in [-0.1, -0.05) is 11.6 Å². The third-order valence-electron chi connectivity index (χ3n) is 3.02. The number of aliphatic hydroxyl groups is 1. The minimum Gasteiger partial charge on any atom is -0.394 e. The van der Waals surface area contributed by atoms with E-state index < -0.39 is 11.0 Å². The number of carbonyl (C=O) groups is 1. The molecule has 8 heteroatoms. The van der Waals surface area contributed by atoms with Crippen LogP contribution < -0.4 is 0 Å². The molecule has 2 rings (SSSR count). The zero-order chi connectivity index (χ0) is 14.7. The van der Waals surface area contributed by atoms with E-state index in [0.717, 1.165) is 6.07 Å². The molecule has 0 radical (unpaired) electrons. The minimum absolute atomic E-state index is 0.0382. The second-order valence-corrected chi connectivity index (χ2v) is 4.76. The van der Waals surface area contributed by atoms with Crippen LogP contribution in [0.5, 0.6) is 0 Å². The Kier molecular flexibility index (Phi) is 4.53. The number of morpholine rings is 1. The van der Waals surface area contributed by atoms with Crippen molar-refractivity contribution in [2.75, 3.05) is 26.3 Å². The number of hydrogen-bond donors (Lipinski definition) is 1. The Hall–Kier alpha value is -1.70. The Morgan fingerprint density at radius 1 is 1.60 bits per heavy atom. The predicted molar refractivity (Wildman–Crippen MR) is 70.8 cm³/mol. The summed E-state index contributed by atoms with van der Waals surface area (Å²) in [4.78, 5) is 23.9. The highest BCUT2D eigenvalue weighted by Crippen LogP contribution is 2.24. The van der Waals surface area contributed by atoms with Crippen LogP contribution in [-0.2, 0) is 4.74 Å². The van der Waals surface area contributed by atoms with Crippen molar-refractivity contribution in [2.24, 2.45) is 0 Å². The lowest BCUT2D eigenvalue weighted by Crippen LogP contribution is -2.46. The number of rotatable bonds is 3. The van der Waals surface area contributed by atoms with E-state index in [-0.39, 0.29) is 35.3 Å². The molecule has 20 heavy (non-hydrogen) atoms. The smallest absolute Gasteiger partial charge is 0.270 e. The molecule has 0 spiro atoms. The lowest BCUT2D eigenvalue weighted by atomic mass is 10.1. The number of ether oxygens (including phenoxy) is 1. The first kappa shape index (κ1) is 14.7. The van der Waals surface area contributed by atoms with Gasteiger partial charge in [0.15, 0.2) is 0 Å². The van der Waals surface area contributed by atoms with Crippen LogP contribution in [0.1, 0.15) is 10.4 Å². The van der Waals surface area contributed by atoms with Crippen LogP contribution in [-0.4, -0.2) is 53.2 Å². The Morgan fingerprint density at radius 2 is 2.35 bits per heavy atom. The molecular weight excluding hydrogens is 288 g/mol. The van der Waals surface area contributed by atoms with E-state index in [1.807, 2.05) is 0 Å². The van der Waals surface area contributed by atoms with Crippen molar-refractivity contribution in [1.29, 1.82) is 0 Å². The van der Waals surface area contributed by atoms with E-state index in [2.05, 4.69) is 0 Å². The Bertz CT molecular complexity index is 537. The van der Waals surface area contributed by atoms with E-state index >= 15 is 0 Å². The number of carbonyl (C=O) groups excluding carboxylic acids is 1. The first-order valence-corrected chi connectivity index (χ1v) is 6.36. The topological polar surface area (TPSA) is 92.9 Å². The number of amides is 1. The molecule has 1 saturated heterocycles. The van der Waals surface area contributed by atoms with Gasteiger partial charge in [0.05, 0.1) is 34.8 Å². The van der Waals surface area contributed by atoms with Crippen LogP contribution in [0.15, 0.2) is 18.2 Å². The molecule has 0 saturated carbocycles. The molecule has 108 valence electrons. The number of halogens is 1. The van der Waals surface area contributed by atoms with Gasteiger partial charge in [-0.2, -0.15) is 0 Å². The van der Waals surface area contributed by atoms with Gasteiger partial charge >= 0.3 is 0 Å². The second kappa shape index (κ2) is 6.17. The largest absolute Gasteiger partial charge is 0.394 e. The van der Waals surface area contributed by atoms with Gasteiger partial charge in [-0.3, -0.25) is 14.9 Å². The van der Waals surface area contributed by atoms with Gasteiger partial charge in [-0.25, -0.2) is 0 Å². The summed E-state index contributed by atoms with van der Waals surface area (Å²) in [6.07, 6.45) is -0.412. The molecule has 1 amide bonds. The zero-order valence-corrected chi connectivity index (χ0v) is 11.2. The van der Waals surface area contributed by atoms with Crippen molar-refractivity contribution >= 4 is 23.2 Å². The summed E-state index contributed by atoms with van der Waals surface area (Å²) < 4.78 is 5.26. The molecule has 1 N–H and O–H groups in total. The molecule has 7 nitrogen and oxygen atoms in total. The molecule has 1 aliphatic heterocycles. The molecule has 1 aromatic carbocycles. The van der Waals surface area contributed by atoms with Gasteiger partial charge < -0.3 is 14.7 Å². The molecule has 0 aliphatic carbocycles. The average molecular weight is 301 g/mol. The fraction of sp³-hybridized carbons (Fsp3) is 0.417. The number of nitro benzene ring substituents is 1. The lowest BCUT2D eigenvalue weighted by Gasteiger charge is -2.32. The molecule has 0 bridgehead atoms. The SMILES string of the molecule is O=C(c1ccc([N+](=O)[O-])cc1Cl)N1CCOC(CO)C1. The van der Waals surface area contributed by atoms with Crippen LogP contribution in [0, 0.1) is 10.1 Å². The van der Waals surface area contributed by atoms with Gasteiger partial charge in [0.2, 0.25) is 0 Å². The minimum atomic E-state index is -0.573. The molecule has 1 aliphatic rings. The van der Waals surface area contributed by atoms with Crippen molar-refractivity contribution in [2.45, 2.75) is 6.10 Å². The van der Waals surface area contributed by atoms with Crippen molar-refractivity contribution in [3.63, 3.8) is 0 Å². The number of hydrogen-bond acceptors (Lipinski definition) is 5. The molecule has 0 aromatic heterocycles. The Balaban J connectivity index is 2.18. The van der Waals surface area contributed by atoms with Crippen LogP contribution >= 0.6 is 11.6 Å². The Labute approximate surface area is 119 Å². The van der Waals surface area contributed by atoms with E-state index in [1.165, 1.54) is 17.0 Å². The van der Waals surface area contributed by atoms with E-state index in [1.54, 1.807) is 0 Å². The summed E-state index contributed by atoms with van der Waals surface area (Å²) in [6.45, 7) is 0.824. The number of non-ortho nitro benzene ring substituents is 1. The molecule has 1 atom stereocenters. The van der Waals surface area contributed by atoms with Crippen LogP contribution in [0.2, 0.25) is 5.02 Å². The van der Waals surface area contributed by atoms with E-state index in [4.69, 9.17) is 21.4 Å². The molecule has 1 aromatic rings. The maximum Gasteiger partial charge on any atom is 0.270 e. The standard InChI is InChI=1S/C12H13ClN2O5/c13-11-5-8(15(18)19)1-2-10(11)12(17)14-3-4-20-9(6-14)7-16/h1-2,5,9,16H,3-4,6-7H2. The maximum atomic E-state index is 12.3. The van der Waals surface area contributed by atoms with E-state index in [9.17, 15) is 14.9 Å². The molecule has 1 fully saturated rings. The summed E-state index contributed by atoms with van der Waals surface area (Å²) in [5.41, 5.74) is 0.0395. The third-order valence-corrected chi connectivity index (χ3v) is 3.34. The van der Waals surface area contributed by atoms with Gasteiger partial charge in [-0.05, 0) is 6.07 Å². The summed E-state index contributed by atoms with van der Waals surface area (Å²) in [5, 5.41) is 19.7. The summed E-state index contributed by atoms with van der Waals surface area (Å²) in [5.74, 6) is -0.327. The van der Waals surface area contributed by atoms with Gasteiger partial charge in [0.1, 0.15) is 0 Å². The summed E-state index contributed by atoms with van der Waals surface area (Å²) in [6, 6.07) is 3.73. The van der Waals surface area contributed by atoms with Crippen molar-refractivity contribution in [3.8, 4) is 0 Å². The second-order valence-electron chi connectivity index (χ2n) is 4.35. The van der Waals surface area contributed by atoms with Crippen LogP contribution in [0.3, 0.4) is 0 Å². The fourth-order valence-electron chi connectivity index (χ4n) is 1.98. The van der Waals surface area contributed by atoms with Crippen molar-refractivity contribution < 1.29 is 19.6 Å². The quantitative estimate of drug-likeness (QED) is 0.666. The fourth-order valence-corrected chi connectivity index (χ4v) is 2.23. The van der Waals surface area contributed by atoms with Gasteiger partial charge in [0.25, 0.3) is 11.6 Å². The van der Waals surface area contributed by atoms with Crippen LogP contribution in [0.25, 0.3) is 0 Å². The summed E-state index contributed by atoms with van der Waals surface area (Å²) in [7, 11) is 0. The number of aliphatic hydroxyl groups excluding tert-OH is 1. The number of benzene rings is 1. The zero-order valence-electron chi connectivity index (χ0n) is 10.5. The van der Waals surface area contributed by atoms with E-state index in [0.29, 0.717) is 13.2 Å². The number of nitrogens with zero attached hydrogens (tertiary/aromatic N) is 2. The molecular formula is C12H13ClN2O5. The molecule has 1 heterocycles. The highest BCUT2D eigenvalue weighted by atomic mass is 35.5. The maximum absolute atomic E-state index is 12.3. The third kappa shape index (κ3) is 3.06. The lowest BCUT2D eigenvalue weighted by molar-refractivity contribution is -0.384. The van der Waals surface area contributed by atoms with Gasteiger partial charge in [0, 0.05) is 25.2 Å². The predicted octanol–water partition coefficient (Wildman–Crippen LogP) is 1.08. The van der Waals surface area contributed by atoms with Gasteiger partial charge in [-0.15, -0.1) is 0 Å².